The minimum atomic E-state index is -0.0508. The van der Waals surface area contributed by atoms with E-state index in [1.165, 1.54) is 0 Å². The van der Waals surface area contributed by atoms with Gasteiger partial charge in [0.2, 0.25) is 5.91 Å². The third-order valence-corrected chi connectivity index (χ3v) is 3.52. The van der Waals surface area contributed by atoms with Crippen LogP contribution in [0.5, 0.6) is 0 Å². The number of rotatable bonds is 6. The van der Waals surface area contributed by atoms with Gasteiger partial charge < -0.3 is 10.2 Å². The molecule has 2 rings (SSSR count). The van der Waals surface area contributed by atoms with E-state index in [0.29, 0.717) is 24.2 Å². The fourth-order valence-corrected chi connectivity index (χ4v) is 2.35. The second-order valence-corrected chi connectivity index (χ2v) is 5.26. The number of para-hydroxylation sites is 1. The van der Waals surface area contributed by atoms with Crippen molar-refractivity contribution in [1.29, 1.82) is 0 Å². The minimum Gasteiger partial charge on any atom is -0.326 e. The Morgan fingerprint density at radius 3 is 2.17 bits per heavy atom. The monoisotopic (exact) mass is 310 g/mol. The molecular weight excluding hydrogens is 288 g/mol. The highest BCUT2D eigenvalue weighted by Crippen LogP contribution is 2.18. The van der Waals surface area contributed by atoms with Crippen molar-refractivity contribution in [3.8, 4) is 0 Å². The quantitative estimate of drug-likeness (QED) is 0.873. The molecule has 0 aliphatic carbocycles. The van der Waals surface area contributed by atoms with Gasteiger partial charge >= 0.3 is 0 Å². The van der Waals surface area contributed by atoms with Crippen molar-refractivity contribution in [2.45, 2.75) is 26.7 Å². The molecule has 0 spiro atoms. The Morgan fingerprint density at radius 1 is 0.957 bits per heavy atom. The maximum atomic E-state index is 12.7. The number of amides is 2. The zero-order valence-corrected chi connectivity index (χ0v) is 13.6. The van der Waals surface area contributed by atoms with E-state index in [0.717, 1.165) is 12.1 Å². The molecule has 0 unspecified atom stereocenters. The van der Waals surface area contributed by atoms with Gasteiger partial charge in [-0.05, 0) is 49.7 Å². The summed E-state index contributed by atoms with van der Waals surface area (Å²) in [5, 5.41) is 2.82. The molecule has 2 amide bonds. The number of anilines is 2. The predicted molar refractivity (Wildman–Crippen MR) is 93.8 cm³/mol. The third-order valence-electron chi connectivity index (χ3n) is 3.52. The molecule has 23 heavy (non-hydrogen) atoms. The van der Waals surface area contributed by atoms with E-state index >= 15 is 0 Å². The van der Waals surface area contributed by atoms with Crippen molar-refractivity contribution in [3.63, 3.8) is 0 Å². The van der Waals surface area contributed by atoms with Crippen molar-refractivity contribution in [3.05, 3.63) is 60.2 Å². The number of carbonyl (C=O) groups is 2. The maximum absolute atomic E-state index is 12.7. The van der Waals surface area contributed by atoms with E-state index in [9.17, 15) is 9.59 Å². The van der Waals surface area contributed by atoms with Crippen molar-refractivity contribution in [1.82, 2.24) is 0 Å². The molecule has 1 N–H and O–H groups in total. The predicted octanol–water partition coefficient (Wildman–Crippen LogP) is 4.09. The number of carbonyl (C=O) groups excluding carboxylic acids is 2. The maximum Gasteiger partial charge on any atom is 0.258 e. The van der Waals surface area contributed by atoms with Crippen LogP contribution in [0.25, 0.3) is 0 Å². The van der Waals surface area contributed by atoms with Crippen LogP contribution in [0.3, 0.4) is 0 Å². The van der Waals surface area contributed by atoms with E-state index in [4.69, 9.17) is 0 Å². The molecule has 0 bridgehead atoms. The summed E-state index contributed by atoms with van der Waals surface area (Å²) in [7, 11) is 0. The van der Waals surface area contributed by atoms with Crippen LogP contribution < -0.4 is 10.2 Å². The first-order chi connectivity index (χ1) is 11.2. The number of benzene rings is 2. The van der Waals surface area contributed by atoms with Gasteiger partial charge in [-0.1, -0.05) is 25.1 Å². The molecule has 0 fully saturated rings. The molecule has 0 heterocycles. The Morgan fingerprint density at radius 2 is 1.61 bits per heavy atom. The first-order valence-corrected chi connectivity index (χ1v) is 7.92. The standard InChI is InChI=1S/C19H22N2O2/c1-3-8-18(22)20-16-13-11-15(12-14-16)19(23)21(4-2)17-9-6-5-7-10-17/h5-7,9-14H,3-4,8H2,1-2H3,(H,20,22). The summed E-state index contributed by atoms with van der Waals surface area (Å²) in [6.07, 6.45) is 1.31. The van der Waals surface area contributed by atoms with Crippen LogP contribution in [0.1, 0.15) is 37.0 Å². The molecule has 120 valence electrons. The van der Waals surface area contributed by atoms with E-state index in [1.54, 1.807) is 29.2 Å². The molecule has 0 aliphatic rings. The van der Waals surface area contributed by atoms with Gasteiger partial charge in [0.25, 0.3) is 5.91 Å². The third kappa shape index (κ3) is 4.42. The first kappa shape index (κ1) is 16.7. The van der Waals surface area contributed by atoms with E-state index < -0.39 is 0 Å². The lowest BCUT2D eigenvalue weighted by Crippen LogP contribution is -2.30. The van der Waals surface area contributed by atoms with Crippen LogP contribution in [0.4, 0.5) is 11.4 Å². The van der Waals surface area contributed by atoms with Gasteiger partial charge in [-0.2, -0.15) is 0 Å². The fraction of sp³-hybridized carbons (Fsp3) is 0.263. The van der Waals surface area contributed by atoms with Crippen LogP contribution >= 0.6 is 0 Å². The lowest BCUT2D eigenvalue weighted by Gasteiger charge is -2.21. The average Bonchev–Trinajstić information content (AvgIpc) is 2.57. The second kappa shape index (κ2) is 8.13. The smallest absolute Gasteiger partial charge is 0.258 e. The van der Waals surface area contributed by atoms with Crippen molar-refractivity contribution < 1.29 is 9.59 Å². The topological polar surface area (TPSA) is 49.4 Å². The summed E-state index contributed by atoms with van der Waals surface area (Å²) in [6, 6.07) is 16.6. The molecule has 0 atom stereocenters. The lowest BCUT2D eigenvalue weighted by atomic mass is 10.1. The van der Waals surface area contributed by atoms with Gasteiger partial charge in [-0.15, -0.1) is 0 Å². The van der Waals surface area contributed by atoms with Gasteiger partial charge in [-0.3, -0.25) is 9.59 Å². The second-order valence-electron chi connectivity index (χ2n) is 5.26. The lowest BCUT2D eigenvalue weighted by molar-refractivity contribution is -0.116. The molecule has 2 aromatic carbocycles. The summed E-state index contributed by atoms with van der Waals surface area (Å²) in [5.41, 5.74) is 2.19. The summed E-state index contributed by atoms with van der Waals surface area (Å²) < 4.78 is 0. The average molecular weight is 310 g/mol. The fourth-order valence-electron chi connectivity index (χ4n) is 2.35. The van der Waals surface area contributed by atoms with Crippen LogP contribution in [-0.2, 0) is 4.79 Å². The number of nitrogens with one attached hydrogen (secondary N) is 1. The molecule has 4 heteroatoms. The summed E-state index contributed by atoms with van der Waals surface area (Å²) in [5.74, 6) is -0.0591. The van der Waals surface area contributed by atoms with Crippen LogP contribution in [0.2, 0.25) is 0 Å². The molecule has 0 aromatic heterocycles. The summed E-state index contributed by atoms with van der Waals surface area (Å²) >= 11 is 0. The molecular formula is C19H22N2O2. The highest BCUT2D eigenvalue weighted by molar-refractivity contribution is 6.06. The Balaban J connectivity index is 2.11. The molecule has 4 nitrogen and oxygen atoms in total. The molecule has 0 saturated heterocycles. The van der Waals surface area contributed by atoms with E-state index in [2.05, 4.69) is 5.32 Å². The van der Waals surface area contributed by atoms with Gasteiger partial charge in [-0.25, -0.2) is 0 Å². The molecule has 0 radical (unpaired) electrons. The number of hydrogen-bond acceptors (Lipinski definition) is 2. The SMILES string of the molecule is CCCC(=O)Nc1ccc(C(=O)N(CC)c2ccccc2)cc1. The van der Waals surface area contributed by atoms with Crippen LogP contribution in [-0.4, -0.2) is 18.4 Å². The Labute approximate surface area is 137 Å². The molecule has 0 saturated carbocycles. The highest BCUT2D eigenvalue weighted by atomic mass is 16.2. The van der Waals surface area contributed by atoms with E-state index in [1.807, 2.05) is 44.2 Å². The Kier molecular flexibility index (Phi) is 5.92. The molecule has 2 aromatic rings. The van der Waals surface area contributed by atoms with Crippen molar-refractivity contribution in [2.75, 3.05) is 16.8 Å². The summed E-state index contributed by atoms with van der Waals surface area (Å²) in [6.45, 7) is 4.51. The van der Waals surface area contributed by atoms with E-state index in [-0.39, 0.29) is 11.8 Å². The highest BCUT2D eigenvalue weighted by Gasteiger charge is 2.15. The van der Waals surface area contributed by atoms with Crippen LogP contribution in [0.15, 0.2) is 54.6 Å². The van der Waals surface area contributed by atoms with Crippen LogP contribution in [0, 0.1) is 0 Å². The van der Waals surface area contributed by atoms with Crippen molar-refractivity contribution in [2.24, 2.45) is 0 Å². The normalized spacial score (nSPS) is 10.2. The van der Waals surface area contributed by atoms with Crippen molar-refractivity contribution >= 4 is 23.2 Å². The summed E-state index contributed by atoms with van der Waals surface area (Å²) in [4.78, 5) is 26.0. The first-order valence-electron chi connectivity index (χ1n) is 7.92. The van der Waals surface area contributed by atoms with Gasteiger partial charge in [0.05, 0.1) is 0 Å². The van der Waals surface area contributed by atoms with Gasteiger partial charge in [0.15, 0.2) is 0 Å². The number of nitrogens with zero attached hydrogens (tertiary/aromatic N) is 1. The zero-order valence-electron chi connectivity index (χ0n) is 13.6. The van der Waals surface area contributed by atoms with Gasteiger partial charge in [0.1, 0.15) is 0 Å². The number of hydrogen-bond donors (Lipinski definition) is 1. The largest absolute Gasteiger partial charge is 0.326 e. The minimum absolute atomic E-state index is 0.00829. The zero-order chi connectivity index (χ0) is 16.7. The van der Waals surface area contributed by atoms with Gasteiger partial charge in [0, 0.05) is 29.9 Å². The molecule has 0 aliphatic heterocycles. The Bertz CT molecular complexity index is 651. The Hall–Kier alpha value is -2.62.